The van der Waals surface area contributed by atoms with E-state index in [4.69, 9.17) is 0 Å². The zero-order valence-corrected chi connectivity index (χ0v) is 11.6. The molecule has 0 aliphatic carbocycles. The smallest absolute Gasteiger partial charge is 0.256 e. The van der Waals surface area contributed by atoms with Gasteiger partial charge in [-0.05, 0) is 18.6 Å². The zero-order chi connectivity index (χ0) is 13.9. The van der Waals surface area contributed by atoms with Crippen LogP contribution in [0.2, 0.25) is 0 Å². The predicted molar refractivity (Wildman–Crippen MR) is 76.0 cm³/mol. The van der Waals surface area contributed by atoms with E-state index in [9.17, 15) is 8.42 Å². The molecule has 0 fully saturated rings. The average molecular weight is 277 g/mol. The van der Waals surface area contributed by atoms with Crippen molar-refractivity contribution in [2.75, 3.05) is 4.72 Å². The van der Waals surface area contributed by atoms with Gasteiger partial charge in [0.15, 0.2) is 0 Å². The second-order valence-corrected chi connectivity index (χ2v) is 5.72. The van der Waals surface area contributed by atoms with E-state index >= 15 is 0 Å². The molecule has 1 N–H and O–H groups in total. The van der Waals surface area contributed by atoms with Gasteiger partial charge in [0, 0.05) is 13.1 Å². The number of hydrogen-bond acceptors (Lipinski definition) is 3. The van der Waals surface area contributed by atoms with Crippen LogP contribution in [0.1, 0.15) is 11.3 Å². The van der Waals surface area contributed by atoms with Crippen molar-refractivity contribution >= 4 is 21.9 Å². The van der Waals surface area contributed by atoms with Crippen LogP contribution in [-0.2, 0) is 17.1 Å². The van der Waals surface area contributed by atoms with Gasteiger partial charge in [-0.3, -0.25) is 9.40 Å². The van der Waals surface area contributed by atoms with Gasteiger partial charge in [0.25, 0.3) is 10.0 Å². The van der Waals surface area contributed by atoms with Crippen molar-refractivity contribution in [3.8, 4) is 0 Å². The molecular formula is C13H15N3O2S. The number of nitrogens with zero attached hydrogens (tertiary/aromatic N) is 2. The molecule has 6 heteroatoms. The maximum Gasteiger partial charge on any atom is 0.256 e. The van der Waals surface area contributed by atoms with Gasteiger partial charge in [-0.2, -0.15) is 5.10 Å². The Labute approximate surface area is 112 Å². The zero-order valence-electron chi connectivity index (χ0n) is 10.7. The minimum absolute atomic E-state index is 0.440. The third-order valence-corrected chi connectivity index (χ3v) is 3.48. The SMILES string of the molecule is Cc1cc(NS(=O)(=O)/C=C\c2ccccc2)n(C)n1. The lowest BCUT2D eigenvalue weighted by Crippen LogP contribution is -2.11. The molecule has 1 aromatic heterocycles. The summed E-state index contributed by atoms with van der Waals surface area (Å²) in [7, 11) is -1.85. The average Bonchev–Trinajstić information content (AvgIpc) is 2.66. The summed E-state index contributed by atoms with van der Waals surface area (Å²) in [6.45, 7) is 1.80. The molecule has 0 atom stereocenters. The topological polar surface area (TPSA) is 64.0 Å². The molecule has 0 spiro atoms. The molecule has 0 amide bonds. The fraction of sp³-hybridized carbons (Fsp3) is 0.154. The number of benzene rings is 1. The number of aromatic nitrogens is 2. The molecule has 0 saturated carbocycles. The molecule has 2 rings (SSSR count). The number of aryl methyl sites for hydroxylation is 2. The Morgan fingerprint density at radius 3 is 2.53 bits per heavy atom. The fourth-order valence-corrected chi connectivity index (χ4v) is 2.51. The van der Waals surface area contributed by atoms with Crippen molar-refractivity contribution in [1.82, 2.24) is 9.78 Å². The van der Waals surface area contributed by atoms with Gasteiger partial charge in [0.2, 0.25) is 0 Å². The number of hydrogen-bond donors (Lipinski definition) is 1. The van der Waals surface area contributed by atoms with Crippen LogP contribution < -0.4 is 4.72 Å². The summed E-state index contributed by atoms with van der Waals surface area (Å²) in [6.07, 6.45) is 1.55. The van der Waals surface area contributed by atoms with E-state index in [-0.39, 0.29) is 0 Å². The van der Waals surface area contributed by atoms with Crippen molar-refractivity contribution in [1.29, 1.82) is 0 Å². The van der Waals surface area contributed by atoms with Gasteiger partial charge in [-0.25, -0.2) is 8.42 Å². The van der Waals surface area contributed by atoms with Gasteiger partial charge in [-0.1, -0.05) is 30.3 Å². The maximum absolute atomic E-state index is 11.9. The summed E-state index contributed by atoms with van der Waals surface area (Å²) >= 11 is 0. The number of anilines is 1. The highest BCUT2D eigenvalue weighted by molar-refractivity contribution is 7.95. The number of rotatable bonds is 4. The summed E-state index contributed by atoms with van der Waals surface area (Å²) < 4.78 is 27.7. The van der Waals surface area contributed by atoms with Crippen LogP contribution in [0.15, 0.2) is 41.8 Å². The first-order chi connectivity index (χ1) is 8.96. The maximum atomic E-state index is 11.9. The van der Waals surface area contributed by atoms with E-state index in [1.54, 1.807) is 26.1 Å². The van der Waals surface area contributed by atoms with Crippen LogP contribution in [0.25, 0.3) is 6.08 Å². The van der Waals surface area contributed by atoms with Gasteiger partial charge in [0.05, 0.1) is 11.1 Å². The van der Waals surface area contributed by atoms with Crippen molar-refractivity contribution in [2.45, 2.75) is 6.92 Å². The van der Waals surface area contributed by atoms with E-state index in [2.05, 4.69) is 9.82 Å². The minimum atomic E-state index is -3.53. The van der Waals surface area contributed by atoms with Gasteiger partial charge in [0.1, 0.15) is 5.82 Å². The molecule has 19 heavy (non-hydrogen) atoms. The number of nitrogens with one attached hydrogen (secondary N) is 1. The number of sulfonamides is 1. The van der Waals surface area contributed by atoms with Gasteiger partial charge >= 0.3 is 0 Å². The lowest BCUT2D eigenvalue weighted by Gasteiger charge is -2.03. The first kappa shape index (κ1) is 13.4. The molecule has 0 unspecified atom stereocenters. The van der Waals surface area contributed by atoms with Crippen LogP contribution in [0.3, 0.4) is 0 Å². The van der Waals surface area contributed by atoms with Crippen molar-refractivity contribution in [3.05, 3.63) is 53.1 Å². The normalized spacial score (nSPS) is 11.9. The largest absolute Gasteiger partial charge is 0.264 e. The molecule has 0 bridgehead atoms. The van der Waals surface area contributed by atoms with Crippen LogP contribution in [0, 0.1) is 6.92 Å². The summed E-state index contributed by atoms with van der Waals surface area (Å²) in [5, 5.41) is 5.22. The molecule has 100 valence electrons. The molecule has 2 aromatic rings. The second kappa shape index (κ2) is 5.27. The Morgan fingerprint density at radius 2 is 1.95 bits per heavy atom. The third-order valence-electron chi connectivity index (χ3n) is 2.49. The van der Waals surface area contributed by atoms with E-state index in [0.717, 1.165) is 16.7 Å². The van der Waals surface area contributed by atoms with Crippen molar-refractivity contribution in [2.24, 2.45) is 7.05 Å². The van der Waals surface area contributed by atoms with Crippen LogP contribution in [-0.4, -0.2) is 18.2 Å². The Balaban J connectivity index is 2.16. The van der Waals surface area contributed by atoms with E-state index in [1.165, 1.54) is 4.68 Å². The van der Waals surface area contributed by atoms with Crippen LogP contribution in [0.4, 0.5) is 5.82 Å². The van der Waals surface area contributed by atoms with E-state index in [1.807, 2.05) is 30.3 Å². The molecule has 0 saturated heterocycles. The quantitative estimate of drug-likeness (QED) is 0.931. The minimum Gasteiger partial charge on any atom is -0.264 e. The fourth-order valence-electron chi connectivity index (χ4n) is 1.62. The van der Waals surface area contributed by atoms with Gasteiger partial charge < -0.3 is 0 Å². The van der Waals surface area contributed by atoms with Gasteiger partial charge in [-0.15, -0.1) is 0 Å². The molecule has 0 aliphatic heterocycles. The van der Waals surface area contributed by atoms with E-state index in [0.29, 0.717) is 5.82 Å². The monoisotopic (exact) mass is 277 g/mol. The lowest BCUT2D eigenvalue weighted by atomic mass is 10.2. The Kier molecular flexibility index (Phi) is 3.71. The predicted octanol–water partition coefficient (Wildman–Crippen LogP) is 2.14. The molecule has 5 nitrogen and oxygen atoms in total. The lowest BCUT2D eigenvalue weighted by molar-refractivity contribution is 0.608. The first-order valence-electron chi connectivity index (χ1n) is 5.73. The summed E-state index contributed by atoms with van der Waals surface area (Å²) in [5.41, 5.74) is 1.58. The highest BCUT2D eigenvalue weighted by atomic mass is 32.2. The Hall–Kier alpha value is -2.08. The first-order valence-corrected chi connectivity index (χ1v) is 7.27. The molecule has 1 heterocycles. The van der Waals surface area contributed by atoms with Crippen LogP contribution >= 0.6 is 0 Å². The molecular weight excluding hydrogens is 262 g/mol. The van der Waals surface area contributed by atoms with E-state index < -0.39 is 10.0 Å². The van der Waals surface area contributed by atoms with Crippen LogP contribution in [0.5, 0.6) is 0 Å². The highest BCUT2D eigenvalue weighted by Crippen LogP contribution is 2.11. The summed E-state index contributed by atoms with van der Waals surface area (Å²) in [4.78, 5) is 0. The molecule has 1 aromatic carbocycles. The van der Waals surface area contributed by atoms with Crippen molar-refractivity contribution < 1.29 is 8.42 Å². The van der Waals surface area contributed by atoms with Crippen molar-refractivity contribution in [3.63, 3.8) is 0 Å². The molecule has 0 aliphatic rings. The highest BCUT2D eigenvalue weighted by Gasteiger charge is 2.09. The summed E-state index contributed by atoms with van der Waals surface area (Å²) in [6, 6.07) is 10.9. The molecule has 0 radical (unpaired) electrons. The Morgan fingerprint density at radius 1 is 1.26 bits per heavy atom. The second-order valence-electron chi connectivity index (χ2n) is 4.16. The standard InChI is InChI=1S/C13H15N3O2S/c1-11-10-13(16(2)14-11)15-19(17,18)9-8-12-6-4-3-5-7-12/h3-10,15H,1-2H3/b9-8-. The third kappa shape index (κ3) is 3.69. The summed E-state index contributed by atoms with van der Waals surface area (Å²) in [5.74, 6) is 0.440. The Bertz CT molecular complexity index is 688.